The number of anilines is 1. The highest BCUT2D eigenvalue weighted by atomic mass is 16.1. The van der Waals surface area contributed by atoms with Crippen LogP contribution in [0, 0.1) is 13.8 Å². The molecule has 5 heteroatoms. The van der Waals surface area contributed by atoms with E-state index in [-0.39, 0.29) is 11.9 Å². The molecule has 0 spiro atoms. The number of amides is 1. The lowest BCUT2D eigenvalue weighted by molar-refractivity contribution is 0.102. The van der Waals surface area contributed by atoms with Gasteiger partial charge in [0, 0.05) is 36.2 Å². The molecule has 0 fully saturated rings. The zero-order chi connectivity index (χ0) is 20.1. The fourth-order valence-electron chi connectivity index (χ4n) is 3.21. The van der Waals surface area contributed by atoms with Crippen molar-refractivity contribution >= 4 is 11.7 Å². The van der Waals surface area contributed by atoms with E-state index in [2.05, 4.69) is 40.2 Å². The third-order valence-corrected chi connectivity index (χ3v) is 4.79. The van der Waals surface area contributed by atoms with Crippen LogP contribution < -0.4 is 5.32 Å². The Morgan fingerprint density at radius 3 is 2.68 bits per heavy atom. The molecule has 2 aromatic heterocycles. The summed E-state index contributed by atoms with van der Waals surface area (Å²) in [5.74, 6) is 0.428. The van der Waals surface area contributed by atoms with Gasteiger partial charge in [-0.15, -0.1) is 0 Å². The van der Waals surface area contributed by atoms with Gasteiger partial charge in [0.15, 0.2) is 0 Å². The summed E-state index contributed by atoms with van der Waals surface area (Å²) in [6, 6.07) is 15.8. The number of hydrogen-bond acceptors (Lipinski definition) is 4. The number of aryl methyl sites for hydroxylation is 2. The topological polar surface area (TPSA) is 58.1 Å². The summed E-state index contributed by atoms with van der Waals surface area (Å²) in [4.78, 5) is 23.5. The molecular formula is C23H26N4O. The van der Waals surface area contributed by atoms with Crippen molar-refractivity contribution in [3.8, 4) is 0 Å². The highest BCUT2D eigenvalue weighted by molar-refractivity contribution is 6.03. The van der Waals surface area contributed by atoms with Crippen LogP contribution in [0.25, 0.3) is 0 Å². The van der Waals surface area contributed by atoms with Crippen LogP contribution in [0.5, 0.6) is 0 Å². The van der Waals surface area contributed by atoms with E-state index >= 15 is 0 Å². The largest absolute Gasteiger partial charge is 0.307 e. The van der Waals surface area contributed by atoms with E-state index in [1.54, 1.807) is 6.20 Å². The van der Waals surface area contributed by atoms with Gasteiger partial charge in [-0.25, -0.2) is 4.98 Å². The Bertz CT molecular complexity index is 936. The number of hydrogen-bond donors (Lipinski definition) is 1. The molecule has 1 N–H and O–H groups in total. The third kappa shape index (κ3) is 5.02. The molecule has 0 bridgehead atoms. The van der Waals surface area contributed by atoms with Gasteiger partial charge in [0.1, 0.15) is 5.82 Å². The maximum Gasteiger partial charge on any atom is 0.256 e. The quantitative estimate of drug-likeness (QED) is 0.688. The molecule has 0 radical (unpaired) electrons. The Kier molecular flexibility index (Phi) is 6.16. The van der Waals surface area contributed by atoms with Crippen LogP contribution in [0.4, 0.5) is 5.82 Å². The van der Waals surface area contributed by atoms with E-state index in [9.17, 15) is 4.79 Å². The lowest BCUT2D eigenvalue weighted by Crippen LogP contribution is -2.22. The molecule has 144 valence electrons. The van der Waals surface area contributed by atoms with E-state index in [1.807, 2.05) is 62.5 Å². The third-order valence-electron chi connectivity index (χ3n) is 4.79. The summed E-state index contributed by atoms with van der Waals surface area (Å²) >= 11 is 0. The molecule has 3 rings (SSSR count). The lowest BCUT2D eigenvalue weighted by atomic mass is 10.1. The van der Waals surface area contributed by atoms with Crippen LogP contribution in [0.1, 0.15) is 45.7 Å². The zero-order valence-corrected chi connectivity index (χ0v) is 16.8. The highest BCUT2D eigenvalue weighted by Gasteiger charge is 2.13. The second-order valence-corrected chi connectivity index (χ2v) is 7.20. The molecule has 1 atom stereocenters. The van der Waals surface area contributed by atoms with Crippen molar-refractivity contribution in [3.63, 3.8) is 0 Å². The van der Waals surface area contributed by atoms with Crippen LogP contribution in [0.3, 0.4) is 0 Å². The van der Waals surface area contributed by atoms with E-state index in [4.69, 9.17) is 0 Å². The van der Waals surface area contributed by atoms with Crippen molar-refractivity contribution in [1.82, 2.24) is 14.9 Å². The molecule has 3 aromatic rings. The van der Waals surface area contributed by atoms with Crippen LogP contribution in [-0.2, 0) is 6.54 Å². The predicted octanol–water partition coefficient (Wildman–Crippen LogP) is 4.54. The molecule has 1 amide bonds. The Hall–Kier alpha value is -3.05. The highest BCUT2D eigenvalue weighted by Crippen LogP contribution is 2.20. The number of carbonyl (C=O) groups excluding carboxylic acids is 1. The van der Waals surface area contributed by atoms with Gasteiger partial charge in [-0.2, -0.15) is 0 Å². The number of nitrogens with one attached hydrogen (secondary N) is 1. The first kappa shape index (κ1) is 19.7. The van der Waals surface area contributed by atoms with Gasteiger partial charge in [-0.1, -0.05) is 18.2 Å². The smallest absolute Gasteiger partial charge is 0.256 e. The van der Waals surface area contributed by atoms with Crippen LogP contribution in [-0.4, -0.2) is 27.8 Å². The minimum absolute atomic E-state index is 0.151. The summed E-state index contributed by atoms with van der Waals surface area (Å²) in [5, 5.41) is 2.90. The number of aromatic nitrogens is 2. The van der Waals surface area contributed by atoms with Gasteiger partial charge in [-0.05, 0) is 74.8 Å². The summed E-state index contributed by atoms with van der Waals surface area (Å²) in [5.41, 5.74) is 4.83. The van der Waals surface area contributed by atoms with E-state index in [1.165, 1.54) is 5.56 Å². The zero-order valence-electron chi connectivity index (χ0n) is 16.8. The molecule has 0 unspecified atom stereocenters. The molecule has 0 saturated carbocycles. The average molecular weight is 374 g/mol. The van der Waals surface area contributed by atoms with Crippen molar-refractivity contribution in [2.75, 3.05) is 12.4 Å². The predicted molar refractivity (Wildman–Crippen MR) is 112 cm³/mol. The number of nitrogens with zero attached hydrogens (tertiary/aromatic N) is 3. The molecule has 0 aliphatic heterocycles. The Morgan fingerprint density at radius 1 is 1.14 bits per heavy atom. The molecule has 28 heavy (non-hydrogen) atoms. The van der Waals surface area contributed by atoms with E-state index in [0.29, 0.717) is 11.4 Å². The maximum absolute atomic E-state index is 12.7. The lowest BCUT2D eigenvalue weighted by Gasteiger charge is -2.25. The monoisotopic (exact) mass is 374 g/mol. The normalized spacial score (nSPS) is 12.0. The average Bonchev–Trinajstić information content (AvgIpc) is 2.67. The molecule has 0 aliphatic carbocycles. The van der Waals surface area contributed by atoms with Crippen molar-refractivity contribution in [3.05, 3.63) is 88.9 Å². The first-order chi connectivity index (χ1) is 13.4. The van der Waals surface area contributed by atoms with Crippen molar-refractivity contribution < 1.29 is 4.79 Å². The van der Waals surface area contributed by atoms with Crippen LogP contribution in [0.2, 0.25) is 0 Å². The maximum atomic E-state index is 12.7. The van der Waals surface area contributed by atoms with E-state index in [0.717, 1.165) is 23.4 Å². The van der Waals surface area contributed by atoms with Gasteiger partial charge in [0.05, 0.1) is 0 Å². The summed E-state index contributed by atoms with van der Waals surface area (Å²) in [6.45, 7) is 6.80. The van der Waals surface area contributed by atoms with Crippen LogP contribution >= 0.6 is 0 Å². The van der Waals surface area contributed by atoms with Gasteiger partial charge in [-0.3, -0.25) is 14.7 Å². The molecule has 2 heterocycles. The minimum atomic E-state index is -0.151. The second-order valence-electron chi connectivity index (χ2n) is 7.20. The van der Waals surface area contributed by atoms with Crippen LogP contribution in [0.15, 0.2) is 60.9 Å². The van der Waals surface area contributed by atoms with Gasteiger partial charge >= 0.3 is 0 Å². The summed E-state index contributed by atoms with van der Waals surface area (Å²) in [7, 11) is 2.07. The van der Waals surface area contributed by atoms with Gasteiger partial charge in [0.2, 0.25) is 0 Å². The fourth-order valence-corrected chi connectivity index (χ4v) is 3.21. The summed E-state index contributed by atoms with van der Waals surface area (Å²) < 4.78 is 0. The molecule has 0 aliphatic rings. The van der Waals surface area contributed by atoms with Crippen molar-refractivity contribution in [2.45, 2.75) is 33.4 Å². The Labute approximate surface area is 166 Å². The Morgan fingerprint density at radius 2 is 1.96 bits per heavy atom. The number of benzene rings is 1. The number of rotatable bonds is 6. The number of pyridine rings is 2. The first-order valence-corrected chi connectivity index (χ1v) is 9.38. The molecular weight excluding hydrogens is 348 g/mol. The standard InChI is InChI=1S/C23H26N4O/c1-16-11-17(2)25-22(12-16)26-23(28)20-8-5-7-19(13-20)15-27(4)18(3)21-9-6-10-24-14-21/h5-14,18H,15H2,1-4H3,(H,25,26,28)/t18-/m0/s1. The molecule has 5 nitrogen and oxygen atoms in total. The number of carbonyl (C=O) groups is 1. The second kappa shape index (κ2) is 8.76. The fraction of sp³-hybridized carbons (Fsp3) is 0.261. The Balaban J connectivity index is 1.70. The van der Waals surface area contributed by atoms with Gasteiger partial charge in [0.25, 0.3) is 5.91 Å². The first-order valence-electron chi connectivity index (χ1n) is 9.38. The minimum Gasteiger partial charge on any atom is -0.307 e. The SMILES string of the molecule is Cc1cc(C)nc(NC(=O)c2cccc(CN(C)[C@@H](C)c3cccnc3)c2)c1. The van der Waals surface area contributed by atoms with Crippen molar-refractivity contribution in [2.24, 2.45) is 0 Å². The van der Waals surface area contributed by atoms with E-state index < -0.39 is 0 Å². The molecule has 0 saturated heterocycles. The van der Waals surface area contributed by atoms with Gasteiger partial charge < -0.3 is 5.32 Å². The van der Waals surface area contributed by atoms with Crippen molar-refractivity contribution in [1.29, 1.82) is 0 Å². The molecule has 1 aromatic carbocycles. The summed E-state index contributed by atoms with van der Waals surface area (Å²) in [6.07, 6.45) is 3.67.